The van der Waals surface area contributed by atoms with Crippen molar-refractivity contribution in [1.29, 1.82) is 0 Å². The van der Waals surface area contributed by atoms with E-state index in [4.69, 9.17) is 4.74 Å². The maximum absolute atomic E-state index is 11.5. The second kappa shape index (κ2) is 8.92. The summed E-state index contributed by atoms with van der Waals surface area (Å²) in [7, 11) is 0. The number of ether oxygens (including phenoxy) is 1. The molecule has 0 unspecified atom stereocenters. The number of hydrogen-bond donors (Lipinski definition) is 0. The third kappa shape index (κ3) is 5.27. The van der Waals surface area contributed by atoms with Crippen molar-refractivity contribution in [3.05, 3.63) is 90.5 Å². The molecule has 0 heterocycles. The molecule has 0 aliphatic rings. The van der Waals surface area contributed by atoms with E-state index in [1.54, 1.807) is 24.3 Å². The Labute approximate surface area is 129 Å². The van der Waals surface area contributed by atoms with Gasteiger partial charge in [0, 0.05) is 0 Å². The number of benzene rings is 1. The first-order valence-electron chi connectivity index (χ1n) is 6.02. The second-order valence-electron chi connectivity index (χ2n) is 3.84. The second-order valence-corrected chi connectivity index (χ2v) is 3.84. The normalized spacial score (nSPS) is 8.80. The quantitative estimate of drug-likeness (QED) is 0.309. The van der Waals surface area contributed by atoms with Crippen molar-refractivity contribution < 1.29 is 26.6 Å². The van der Waals surface area contributed by atoms with Crippen LogP contribution in [0.2, 0.25) is 0 Å². The van der Waals surface area contributed by atoms with Crippen LogP contribution >= 0.6 is 0 Å². The largest absolute Gasteiger partial charge is 2.00 e. The van der Waals surface area contributed by atoms with Gasteiger partial charge in [-0.3, -0.25) is 0 Å². The minimum Gasteiger partial charge on any atom is -0.467 e. The van der Waals surface area contributed by atoms with Crippen LogP contribution in [0.15, 0.2) is 84.9 Å². The molecule has 3 aromatic carbocycles. The third-order valence-electron chi connectivity index (χ3n) is 2.41. The Bertz CT molecular complexity index is 552. The van der Waals surface area contributed by atoms with Crippen LogP contribution in [0.1, 0.15) is 10.4 Å². The van der Waals surface area contributed by atoms with E-state index in [2.05, 4.69) is 0 Å². The van der Waals surface area contributed by atoms with E-state index in [1.807, 2.05) is 60.7 Å². The zero-order chi connectivity index (χ0) is 13.3. The molecule has 0 aliphatic heterocycles. The molecular formula is C17H14FeO2. The molecule has 0 radical (unpaired) electrons. The summed E-state index contributed by atoms with van der Waals surface area (Å²) in [6.45, 7) is 0. The SMILES string of the molecule is O=C(Oc1ccccc1)c1ccc[cH-]1.[Fe+2].c1cc[cH-]c1. The average Bonchev–Trinajstić information content (AvgIpc) is 3.16. The number of esters is 1. The van der Waals surface area contributed by atoms with Crippen LogP contribution < -0.4 is 4.74 Å². The summed E-state index contributed by atoms with van der Waals surface area (Å²) in [5.74, 6) is 0.250. The Kier molecular flexibility index (Phi) is 7.12. The van der Waals surface area contributed by atoms with E-state index in [0.717, 1.165) is 0 Å². The van der Waals surface area contributed by atoms with Crippen LogP contribution in [0.3, 0.4) is 0 Å². The summed E-state index contributed by atoms with van der Waals surface area (Å²) in [4.78, 5) is 11.5. The van der Waals surface area contributed by atoms with E-state index in [9.17, 15) is 4.79 Å². The number of carbonyl (C=O) groups excluding carboxylic acids is 1. The summed E-state index contributed by atoms with van der Waals surface area (Å²) in [6, 6.07) is 26.1. The minimum absolute atomic E-state index is 0. The summed E-state index contributed by atoms with van der Waals surface area (Å²) in [6.07, 6.45) is 0. The Hall–Kier alpha value is -2.09. The molecule has 0 bridgehead atoms. The predicted octanol–water partition coefficient (Wildman–Crippen LogP) is 4.03. The zero-order valence-electron chi connectivity index (χ0n) is 10.8. The molecule has 20 heavy (non-hydrogen) atoms. The van der Waals surface area contributed by atoms with Gasteiger partial charge in [-0.1, -0.05) is 23.8 Å². The molecule has 0 aromatic heterocycles. The van der Waals surface area contributed by atoms with Gasteiger partial charge in [-0.05, 0) is 12.1 Å². The fourth-order valence-corrected chi connectivity index (χ4v) is 1.49. The van der Waals surface area contributed by atoms with Crippen LogP contribution in [0, 0.1) is 0 Å². The molecular weight excluding hydrogens is 292 g/mol. The maximum Gasteiger partial charge on any atom is 2.00 e. The van der Waals surface area contributed by atoms with E-state index in [-0.39, 0.29) is 23.0 Å². The van der Waals surface area contributed by atoms with Gasteiger partial charge >= 0.3 is 17.1 Å². The molecule has 0 N–H and O–H groups in total. The van der Waals surface area contributed by atoms with Crippen LogP contribution in [0.25, 0.3) is 0 Å². The molecule has 0 saturated heterocycles. The van der Waals surface area contributed by atoms with Crippen LogP contribution in [-0.2, 0) is 17.1 Å². The molecule has 3 aromatic rings. The van der Waals surface area contributed by atoms with Crippen molar-refractivity contribution in [1.82, 2.24) is 0 Å². The number of carbonyl (C=O) groups is 1. The van der Waals surface area contributed by atoms with Crippen LogP contribution in [0.4, 0.5) is 0 Å². The molecule has 0 spiro atoms. The maximum atomic E-state index is 11.5. The van der Waals surface area contributed by atoms with Gasteiger partial charge in [-0.2, -0.15) is 36.4 Å². The van der Waals surface area contributed by atoms with Gasteiger partial charge in [0.15, 0.2) is 0 Å². The molecule has 0 atom stereocenters. The Morgan fingerprint density at radius 1 is 0.850 bits per heavy atom. The standard InChI is InChI=1S/C12H9O2.C5H5.Fe/c13-12(10-6-4-5-7-10)14-11-8-2-1-3-9-11;1-2-4-5-3-1;/h1-9H;1-5H;/q2*-1;+2. The molecule has 0 aliphatic carbocycles. The molecule has 102 valence electrons. The summed E-state index contributed by atoms with van der Waals surface area (Å²) in [5.41, 5.74) is 0.578. The smallest absolute Gasteiger partial charge is 0.467 e. The Balaban J connectivity index is 0.000000283. The number of hydrogen-bond acceptors (Lipinski definition) is 2. The molecule has 0 fully saturated rings. The fraction of sp³-hybridized carbons (Fsp3) is 0. The van der Waals surface area contributed by atoms with E-state index < -0.39 is 0 Å². The van der Waals surface area contributed by atoms with Gasteiger partial charge in [0.2, 0.25) is 0 Å². The monoisotopic (exact) mass is 306 g/mol. The van der Waals surface area contributed by atoms with Crippen LogP contribution in [-0.4, -0.2) is 5.97 Å². The third-order valence-corrected chi connectivity index (χ3v) is 2.41. The van der Waals surface area contributed by atoms with Crippen molar-refractivity contribution in [2.75, 3.05) is 0 Å². The summed E-state index contributed by atoms with van der Waals surface area (Å²) >= 11 is 0. The van der Waals surface area contributed by atoms with E-state index >= 15 is 0 Å². The van der Waals surface area contributed by atoms with Gasteiger partial charge < -0.3 is 9.53 Å². The van der Waals surface area contributed by atoms with Crippen molar-refractivity contribution in [2.45, 2.75) is 0 Å². The van der Waals surface area contributed by atoms with E-state index in [1.165, 1.54) is 0 Å². The molecule has 2 nitrogen and oxygen atoms in total. The number of rotatable bonds is 2. The number of para-hydroxylation sites is 1. The topological polar surface area (TPSA) is 26.3 Å². The van der Waals surface area contributed by atoms with Gasteiger partial charge in [0.05, 0.1) is 0 Å². The van der Waals surface area contributed by atoms with Crippen molar-refractivity contribution in [3.8, 4) is 5.75 Å². The molecule has 3 heteroatoms. The molecule has 0 saturated carbocycles. The Morgan fingerprint density at radius 3 is 2.05 bits per heavy atom. The van der Waals surface area contributed by atoms with Gasteiger partial charge in [0.25, 0.3) is 5.97 Å². The minimum atomic E-state index is -0.318. The first kappa shape index (κ1) is 16.0. The molecule has 3 rings (SSSR count). The van der Waals surface area contributed by atoms with Crippen molar-refractivity contribution >= 4 is 5.97 Å². The average molecular weight is 306 g/mol. The van der Waals surface area contributed by atoms with Gasteiger partial charge in [-0.15, -0.1) is 6.07 Å². The summed E-state index contributed by atoms with van der Waals surface area (Å²) in [5, 5.41) is 0. The van der Waals surface area contributed by atoms with Crippen molar-refractivity contribution in [2.24, 2.45) is 0 Å². The predicted molar refractivity (Wildman–Crippen MR) is 75.5 cm³/mol. The fourth-order valence-electron chi connectivity index (χ4n) is 1.49. The first-order chi connectivity index (χ1) is 9.36. The molecule has 0 amide bonds. The summed E-state index contributed by atoms with van der Waals surface area (Å²) < 4.78 is 5.12. The van der Waals surface area contributed by atoms with Gasteiger partial charge in [0.1, 0.15) is 5.75 Å². The van der Waals surface area contributed by atoms with E-state index in [0.29, 0.717) is 11.3 Å². The Morgan fingerprint density at radius 2 is 1.55 bits per heavy atom. The van der Waals surface area contributed by atoms with Gasteiger partial charge in [-0.25, -0.2) is 12.1 Å². The van der Waals surface area contributed by atoms with Crippen molar-refractivity contribution in [3.63, 3.8) is 0 Å². The first-order valence-corrected chi connectivity index (χ1v) is 6.02. The van der Waals surface area contributed by atoms with Crippen LogP contribution in [0.5, 0.6) is 5.75 Å². The zero-order valence-corrected chi connectivity index (χ0v) is 11.9.